The molecule has 0 amide bonds. The summed E-state index contributed by atoms with van der Waals surface area (Å²) in [4.78, 5) is 20.2. The van der Waals surface area contributed by atoms with E-state index in [4.69, 9.17) is 0 Å². The summed E-state index contributed by atoms with van der Waals surface area (Å²) in [5.41, 5.74) is 3.92. The molecular weight excluding hydrogens is 310 g/mol. The molecule has 2 heterocycles. The lowest BCUT2D eigenvalue weighted by atomic mass is 9.96. The molecule has 0 spiro atoms. The van der Waals surface area contributed by atoms with Crippen LogP contribution in [0.4, 0.5) is 0 Å². The molecule has 1 N–H and O–H groups in total. The molecule has 2 aromatic heterocycles. The Kier molecular flexibility index (Phi) is 3.78. The summed E-state index contributed by atoms with van der Waals surface area (Å²) in [6.45, 7) is 0. The van der Waals surface area contributed by atoms with Gasteiger partial charge in [0.2, 0.25) is 5.78 Å². The van der Waals surface area contributed by atoms with E-state index in [1.165, 1.54) is 0 Å². The average Bonchev–Trinajstić information content (AvgIpc) is 3.26. The lowest BCUT2D eigenvalue weighted by molar-refractivity contribution is 0.103. The van der Waals surface area contributed by atoms with Gasteiger partial charge in [0.05, 0.1) is 0 Å². The minimum absolute atomic E-state index is 0.114. The number of carbonyl (C=O) groups is 1. The van der Waals surface area contributed by atoms with Gasteiger partial charge in [-0.05, 0) is 23.3 Å². The van der Waals surface area contributed by atoms with Crippen LogP contribution < -0.4 is 0 Å². The lowest BCUT2D eigenvalue weighted by Crippen LogP contribution is -2.05. The Labute approximate surface area is 145 Å². The number of para-hydroxylation sites is 1. The van der Waals surface area contributed by atoms with Crippen LogP contribution in [0.3, 0.4) is 0 Å². The molecule has 0 aliphatic rings. The van der Waals surface area contributed by atoms with Gasteiger partial charge in [-0.3, -0.25) is 4.79 Å². The highest BCUT2D eigenvalue weighted by atomic mass is 16.1. The first-order valence-electron chi connectivity index (χ1n) is 8.09. The number of nitrogens with zero attached hydrogens (tertiary/aromatic N) is 2. The molecule has 4 aromatic rings. The molecule has 0 aliphatic carbocycles. The highest BCUT2D eigenvalue weighted by Gasteiger charge is 2.15. The highest BCUT2D eigenvalue weighted by molar-refractivity contribution is 6.10. The summed E-state index contributed by atoms with van der Waals surface area (Å²) in [6, 6.07) is 18.0. The molecule has 2 aromatic carbocycles. The van der Waals surface area contributed by atoms with E-state index in [1.807, 2.05) is 61.8 Å². The monoisotopic (exact) mass is 327 g/mol. The van der Waals surface area contributed by atoms with Crippen LogP contribution in [-0.4, -0.2) is 20.3 Å². The number of rotatable bonds is 4. The number of hydrogen-bond donors (Lipinski definition) is 1. The standard InChI is InChI=1S/C21H17N3O/c1-24-12-11-22-21(24)20(25)13-17(15-7-3-2-4-8-15)18-14-23-19-10-6-5-9-16(18)19/h2-14,23H,1H3/b17-13+. The van der Waals surface area contributed by atoms with Gasteiger partial charge >= 0.3 is 0 Å². The Morgan fingerprint density at radius 2 is 1.84 bits per heavy atom. The molecule has 0 atom stereocenters. The second-order valence-corrected chi connectivity index (χ2v) is 5.90. The summed E-state index contributed by atoms with van der Waals surface area (Å²) in [5.74, 6) is 0.310. The normalized spacial score (nSPS) is 11.8. The third-order valence-corrected chi connectivity index (χ3v) is 4.28. The first kappa shape index (κ1) is 15.1. The maximum absolute atomic E-state index is 12.8. The van der Waals surface area contributed by atoms with E-state index >= 15 is 0 Å². The van der Waals surface area contributed by atoms with Crippen LogP contribution in [-0.2, 0) is 7.05 Å². The Balaban J connectivity index is 1.90. The number of fused-ring (bicyclic) bond motifs is 1. The van der Waals surface area contributed by atoms with Crippen LogP contribution in [0, 0.1) is 0 Å². The van der Waals surface area contributed by atoms with Crippen LogP contribution in [0.1, 0.15) is 21.7 Å². The number of benzene rings is 2. The maximum atomic E-state index is 12.8. The van der Waals surface area contributed by atoms with Crippen LogP contribution in [0.15, 0.2) is 79.3 Å². The van der Waals surface area contributed by atoms with Crippen molar-refractivity contribution in [2.24, 2.45) is 7.05 Å². The van der Waals surface area contributed by atoms with Gasteiger partial charge in [0.25, 0.3) is 0 Å². The fourth-order valence-electron chi connectivity index (χ4n) is 3.03. The number of aromatic nitrogens is 3. The van der Waals surface area contributed by atoms with E-state index in [0.29, 0.717) is 5.82 Å². The molecule has 25 heavy (non-hydrogen) atoms. The van der Waals surface area contributed by atoms with E-state index in [0.717, 1.165) is 27.6 Å². The van der Waals surface area contributed by atoms with E-state index < -0.39 is 0 Å². The van der Waals surface area contributed by atoms with Gasteiger partial charge in [-0.2, -0.15) is 0 Å². The van der Waals surface area contributed by atoms with Crippen molar-refractivity contribution in [1.29, 1.82) is 0 Å². The maximum Gasteiger partial charge on any atom is 0.221 e. The fourth-order valence-corrected chi connectivity index (χ4v) is 3.03. The molecule has 4 rings (SSSR count). The minimum atomic E-state index is -0.114. The lowest BCUT2D eigenvalue weighted by Gasteiger charge is -2.07. The highest BCUT2D eigenvalue weighted by Crippen LogP contribution is 2.30. The molecule has 0 fully saturated rings. The Bertz CT molecular complexity index is 1070. The van der Waals surface area contributed by atoms with Crippen molar-refractivity contribution in [3.05, 3.63) is 96.2 Å². The molecule has 122 valence electrons. The molecular formula is C21H17N3O. The zero-order chi connectivity index (χ0) is 17.2. The Morgan fingerprint density at radius 1 is 1.08 bits per heavy atom. The van der Waals surface area contributed by atoms with Gasteiger partial charge in [-0.15, -0.1) is 0 Å². The van der Waals surface area contributed by atoms with Crippen LogP contribution in [0.5, 0.6) is 0 Å². The number of ketones is 1. The van der Waals surface area contributed by atoms with Crippen molar-refractivity contribution < 1.29 is 4.79 Å². The molecule has 0 saturated carbocycles. The predicted octanol–water partition coefficient (Wildman–Crippen LogP) is 4.22. The zero-order valence-corrected chi connectivity index (χ0v) is 13.8. The van der Waals surface area contributed by atoms with Crippen molar-refractivity contribution in [2.75, 3.05) is 0 Å². The second kappa shape index (κ2) is 6.24. The number of aromatic amines is 1. The summed E-state index contributed by atoms with van der Waals surface area (Å²) in [7, 11) is 1.82. The zero-order valence-electron chi connectivity index (χ0n) is 13.8. The van der Waals surface area contributed by atoms with Crippen molar-refractivity contribution >= 4 is 22.3 Å². The van der Waals surface area contributed by atoms with Crippen molar-refractivity contribution in [3.63, 3.8) is 0 Å². The number of H-pyrrole nitrogens is 1. The Morgan fingerprint density at radius 3 is 2.60 bits per heavy atom. The smallest absolute Gasteiger partial charge is 0.221 e. The van der Waals surface area contributed by atoms with Crippen LogP contribution >= 0.6 is 0 Å². The van der Waals surface area contributed by atoms with E-state index in [9.17, 15) is 4.79 Å². The topological polar surface area (TPSA) is 50.7 Å². The predicted molar refractivity (Wildman–Crippen MR) is 99.4 cm³/mol. The fraction of sp³-hybridized carbons (Fsp3) is 0.0476. The van der Waals surface area contributed by atoms with Crippen LogP contribution in [0.2, 0.25) is 0 Å². The summed E-state index contributed by atoms with van der Waals surface area (Å²) in [5, 5.41) is 1.09. The van der Waals surface area contributed by atoms with Crippen LogP contribution in [0.25, 0.3) is 16.5 Å². The van der Waals surface area contributed by atoms with Gasteiger partial charge < -0.3 is 9.55 Å². The molecule has 4 nitrogen and oxygen atoms in total. The van der Waals surface area contributed by atoms with Gasteiger partial charge in [-0.1, -0.05) is 48.5 Å². The number of imidazole rings is 1. The number of nitrogens with one attached hydrogen (secondary N) is 1. The van der Waals surface area contributed by atoms with Gasteiger partial charge in [0.15, 0.2) is 5.82 Å². The SMILES string of the molecule is Cn1ccnc1C(=O)/C=C(\c1ccccc1)c1c[nH]c2ccccc12. The quantitative estimate of drug-likeness (QED) is 0.451. The van der Waals surface area contributed by atoms with Crippen molar-refractivity contribution in [3.8, 4) is 0 Å². The molecule has 0 radical (unpaired) electrons. The first-order chi connectivity index (χ1) is 12.2. The van der Waals surface area contributed by atoms with Crippen molar-refractivity contribution in [2.45, 2.75) is 0 Å². The summed E-state index contributed by atoms with van der Waals surface area (Å²) >= 11 is 0. The second-order valence-electron chi connectivity index (χ2n) is 5.90. The first-order valence-corrected chi connectivity index (χ1v) is 8.09. The van der Waals surface area contributed by atoms with Gasteiger partial charge in [-0.25, -0.2) is 4.98 Å². The Hall–Kier alpha value is -3.40. The number of hydrogen-bond acceptors (Lipinski definition) is 2. The average molecular weight is 327 g/mol. The minimum Gasteiger partial charge on any atom is -0.361 e. The van der Waals surface area contributed by atoms with E-state index in [1.54, 1.807) is 23.0 Å². The van der Waals surface area contributed by atoms with E-state index in [2.05, 4.69) is 16.0 Å². The largest absolute Gasteiger partial charge is 0.361 e. The third-order valence-electron chi connectivity index (χ3n) is 4.28. The number of carbonyl (C=O) groups excluding carboxylic acids is 1. The summed E-state index contributed by atoms with van der Waals surface area (Å²) < 4.78 is 1.73. The third kappa shape index (κ3) is 2.78. The van der Waals surface area contributed by atoms with Crippen molar-refractivity contribution in [1.82, 2.24) is 14.5 Å². The number of aryl methyl sites for hydroxylation is 1. The van der Waals surface area contributed by atoms with E-state index in [-0.39, 0.29) is 5.78 Å². The molecule has 0 saturated heterocycles. The summed E-state index contributed by atoms with van der Waals surface area (Å²) in [6.07, 6.45) is 7.03. The molecule has 0 unspecified atom stereocenters. The molecule has 0 bridgehead atoms. The molecule has 0 aliphatic heterocycles. The van der Waals surface area contributed by atoms with Gasteiger partial charge in [0, 0.05) is 42.1 Å². The molecule has 4 heteroatoms. The van der Waals surface area contributed by atoms with Gasteiger partial charge in [0.1, 0.15) is 0 Å². The number of allylic oxidation sites excluding steroid dienone is 1.